The summed E-state index contributed by atoms with van der Waals surface area (Å²) in [6.45, 7) is 4.58. The minimum atomic E-state index is 0.142. The first-order chi connectivity index (χ1) is 8.08. The van der Waals surface area contributed by atoms with Gasteiger partial charge in [-0.15, -0.1) is 0 Å². The summed E-state index contributed by atoms with van der Waals surface area (Å²) in [5, 5.41) is 0. The molecule has 2 rings (SSSR count). The van der Waals surface area contributed by atoms with Gasteiger partial charge in [0.1, 0.15) is 5.78 Å². The zero-order valence-electron chi connectivity index (χ0n) is 11.3. The lowest BCUT2D eigenvalue weighted by atomic mass is 9.70. The average Bonchev–Trinajstić information content (AvgIpc) is 2.27. The summed E-state index contributed by atoms with van der Waals surface area (Å²) in [6.07, 6.45) is 8.00. The van der Waals surface area contributed by atoms with Crippen LogP contribution in [0, 0.1) is 23.7 Å². The second kappa shape index (κ2) is 5.51. The molecule has 0 aromatic rings. The zero-order chi connectivity index (χ0) is 12.4. The van der Waals surface area contributed by atoms with Crippen molar-refractivity contribution in [1.82, 2.24) is 0 Å². The molecule has 0 aromatic carbocycles. The van der Waals surface area contributed by atoms with E-state index >= 15 is 0 Å². The monoisotopic (exact) mass is 237 g/mol. The summed E-state index contributed by atoms with van der Waals surface area (Å²) in [7, 11) is 0. The van der Waals surface area contributed by atoms with Gasteiger partial charge in [-0.25, -0.2) is 0 Å². The van der Waals surface area contributed by atoms with Crippen molar-refractivity contribution < 1.29 is 4.79 Å². The van der Waals surface area contributed by atoms with Crippen molar-refractivity contribution in [3.05, 3.63) is 0 Å². The highest BCUT2D eigenvalue weighted by molar-refractivity contribution is 5.84. The van der Waals surface area contributed by atoms with Crippen LogP contribution in [0.3, 0.4) is 0 Å². The Labute approximate surface area is 105 Å². The zero-order valence-corrected chi connectivity index (χ0v) is 11.3. The van der Waals surface area contributed by atoms with Crippen molar-refractivity contribution in [1.29, 1.82) is 0 Å². The first kappa shape index (κ1) is 13.1. The third kappa shape index (κ3) is 3.09. The predicted molar refractivity (Wildman–Crippen MR) is 70.6 cm³/mol. The Kier molecular flexibility index (Phi) is 4.24. The molecule has 2 saturated carbocycles. The summed E-state index contributed by atoms with van der Waals surface area (Å²) < 4.78 is 0. The Morgan fingerprint density at radius 2 is 1.59 bits per heavy atom. The predicted octanol–water partition coefficient (Wildman–Crippen LogP) is 3.15. The van der Waals surface area contributed by atoms with Crippen molar-refractivity contribution in [3.63, 3.8) is 0 Å². The van der Waals surface area contributed by atoms with Crippen LogP contribution in [0.15, 0.2) is 0 Å². The number of carbonyl (C=O) groups excluding carboxylic acids is 1. The molecule has 2 nitrogen and oxygen atoms in total. The highest BCUT2D eigenvalue weighted by atomic mass is 16.1. The first-order valence-corrected chi connectivity index (χ1v) is 7.37. The van der Waals surface area contributed by atoms with Crippen LogP contribution >= 0.6 is 0 Å². The van der Waals surface area contributed by atoms with Gasteiger partial charge >= 0.3 is 0 Å². The largest absolute Gasteiger partial charge is 0.327 e. The summed E-state index contributed by atoms with van der Waals surface area (Å²) in [5.41, 5.74) is 6.14. The third-order valence-corrected chi connectivity index (χ3v) is 4.77. The van der Waals surface area contributed by atoms with Crippen LogP contribution in [0.25, 0.3) is 0 Å². The lowest BCUT2D eigenvalue weighted by Crippen LogP contribution is -2.42. The average molecular weight is 237 g/mol. The van der Waals surface area contributed by atoms with Gasteiger partial charge in [-0.3, -0.25) is 4.79 Å². The number of carbonyl (C=O) groups is 1. The van der Waals surface area contributed by atoms with E-state index in [1.54, 1.807) is 0 Å². The Hall–Kier alpha value is -0.370. The summed E-state index contributed by atoms with van der Waals surface area (Å²) in [6, 6.07) is 0.142. The van der Waals surface area contributed by atoms with Crippen molar-refractivity contribution in [3.8, 4) is 0 Å². The standard InChI is InChI=1S/C15H27NO/c1-10-7-11(2)9-12(8-10)15(17)13-5-3-4-6-14(13)16/h10-14H,3-9,16H2,1-2H3. The molecular weight excluding hydrogens is 210 g/mol. The quantitative estimate of drug-likeness (QED) is 0.801. The fourth-order valence-electron chi connectivity index (χ4n) is 3.99. The molecular formula is C15H27NO. The summed E-state index contributed by atoms with van der Waals surface area (Å²) in [4.78, 5) is 12.6. The van der Waals surface area contributed by atoms with Gasteiger partial charge < -0.3 is 5.73 Å². The lowest BCUT2D eigenvalue weighted by Gasteiger charge is -2.35. The normalized spacial score (nSPS) is 43.4. The molecule has 0 bridgehead atoms. The Morgan fingerprint density at radius 3 is 2.18 bits per heavy atom. The number of rotatable bonds is 2. The second-order valence-corrected chi connectivity index (χ2v) is 6.57. The van der Waals surface area contributed by atoms with E-state index in [1.165, 1.54) is 19.3 Å². The van der Waals surface area contributed by atoms with Gasteiger partial charge in [-0.1, -0.05) is 26.7 Å². The second-order valence-electron chi connectivity index (χ2n) is 6.57. The Morgan fingerprint density at radius 1 is 1.00 bits per heavy atom. The van der Waals surface area contributed by atoms with Gasteiger partial charge in [0.25, 0.3) is 0 Å². The highest BCUT2D eigenvalue weighted by Gasteiger charge is 2.36. The third-order valence-electron chi connectivity index (χ3n) is 4.77. The Bertz CT molecular complexity index is 266. The van der Waals surface area contributed by atoms with Gasteiger partial charge in [0, 0.05) is 17.9 Å². The van der Waals surface area contributed by atoms with E-state index < -0.39 is 0 Å². The van der Waals surface area contributed by atoms with E-state index in [1.807, 2.05) is 0 Å². The minimum Gasteiger partial charge on any atom is -0.327 e. The van der Waals surface area contributed by atoms with Gasteiger partial charge in [0.2, 0.25) is 0 Å². The van der Waals surface area contributed by atoms with Crippen LogP contribution in [-0.2, 0) is 4.79 Å². The minimum absolute atomic E-state index is 0.142. The number of ketones is 1. The maximum atomic E-state index is 12.6. The fourth-order valence-corrected chi connectivity index (χ4v) is 3.99. The molecule has 4 unspecified atom stereocenters. The lowest BCUT2D eigenvalue weighted by molar-refractivity contribution is -0.130. The molecule has 2 fully saturated rings. The van der Waals surface area contributed by atoms with Crippen molar-refractivity contribution in [2.45, 2.75) is 64.8 Å². The van der Waals surface area contributed by atoms with E-state index in [9.17, 15) is 4.79 Å². The highest BCUT2D eigenvalue weighted by Crippen LogP contribution is 2.37. The molecule has 0 spiro atoms. The summed E-state index contributed by atoms with van der Waals surface area (Å²) >= 11 is 0. The Balaban J connectivity index is 1.98. The van der Waals surface area contributed by atoms with Crippen LogP contribution in [-0.4, -0.2) is 11.8 Å². The van der Waals surface area contributed by atoms with Gasteiger partial charge in [0.15, 0.2) is 0 Å². The van der Waals surface area contributed by atoms with E-state index in [2.05, 4.69) is 13.8 Å². The van der Waals surface area contributed by atoms with E-state index in [4.69, 9.17) is 5.73 Å². The van der Waals surface area contributed by atoms with Gasteiger partial charge in [-0.05, 0) is 43.9 Å². The molecule has 0 amide bonds. The molecule has 0 aromatic heterocycles. The number of hydrogen-bond acceptors (Lipinski definition) is 2. The van der Waals surface area contributed by atoms with Crippen LogP contribution in [0.4, 0.5) is 0 Å². The molecule has 2 aliphatic rings. The maximum Gasteiger partial charge on any atom is 0.140 e. The van der Waals surface area contributed by atoms with Gasteiger partial charge in [-0.2, -0.15) is 0 Å². The number of Topliss-reactive ketones (excluding diaryl/α,β-unsaturated/α-hetero) is 1. The number of nitrogens with two attached hydrogens (primary N) is 1. The molecule has 4 atom stereocenters. The van der Waals surface area contributed by atoms with E-state index in [0.717, 1.165) is 25.7 Å². The SMILES string of the molecule is CC1CC(C)CC(C(=O)C2CCCCC2N)C1. The molecule has 0 aliphatic heterocycles. The molecule has 98 valence electrons. The first-order valence-electron chi connectivity index (χ1n) is 7.37. The van der Waals surface area contributed by atoms with Crippen LogP contribution < -0.4 is 5.73 Å². The molecule has 2 aliphatic carbocycles. The molecule has 0 heterocycles. The molecule has 17 heavy (non-hydrogen) atoms. The van der Waals surface area contributed by atoms with Crippen LogP contribution in [0.2, 0.25) is 0 Å². The van der Waals surface area contributed by atoms with Gasteiger partial charge in [0.05, 0.1) is 0 Å². The fraction of sp³-hybridized carbons (Fsp3) is 0.933. The molecule has 2 heteroatoms. The molecule has 0 radical (unpaired) electrons. The summed E-state index contributed by atoms with van der Waals surface area (Å²) in [5.74, 6) is 2.41. The van der Waals surface area contributed by atoms with Crippen molar-refractivity contribution in [2.75, 3.05) is 0 Å². The van der Waals surface area contributed by atoms with E-state index in [-0.39, 0.29) is 12.0 Å². The van der Waals surface area contributed by atoms with Crippen molar-refractivity contribution >= 4 is 5.78 Å². The van der Waals surface area contributed by atoms with E-state index in [0.29, 0.717) is 23.5 Å². The molecule has 0 saturated heterocycles. The smallest absolute Gasteiger partial charge is 0.140 e. The van der Waals surface area contributed by atoms with Crippen molar-refractivity contribution in [2.24, 2.45) is 29.4 Å². The van der Waals surface area contributed by atoms with Crippen LogP contribution in [0.1, 0.15) is 58.8 Å². The molecule has 2 N–H and O–H groups in total. The number of hydrogen-bond donors (Lipinski definition) is 1. The maximum absolute atomic E-state index is 12.6. The van der Waals surface area contributed by atoms with Crippen LogP contribution in [0.5, 0.6) is 0 Å². The topological polar surface area (TPSA) is 43.1 Å².